The van der Waals surface area contributed by atoms with Crippen LogP contribution in [0.2, 0.25) is 0 Å². The molecule has 0 spiro atoms. The van der Waals surface area contributed by atoms with Gasteiger partial charge in [-0.3, -0.25) is 0 Å². The Balaban J connectivity index is 1.96. The number of thioether (sulfide) groups is 1. The molecule has 2 aromatic rings. The Morgan fingerprint density at radius 1 is 1.17 bits per heavy atom. The number of hydrogen-bond donors (Lipinski definition) is 0. The van der Waals surface area contributed by atoms with Gasteiger partial charge in [-0.25, -0.2) is 4.39 Å². The zero-order valence-corrected chi connectivity index (χ0v) is 10.8. The lowest BCUT2D eigenvalue weighted by molar-refractivity contribution is 0.321. The molecule has 0 atom stereocenters. The van der Waals surface area contributed by atoms with Crippen molar-refractivity contribution in [1.82, 2.24) is 10.2 Å². The highest BCUT2D eigenvalue weighted by Crippen LogP contribution is 2.22. The van der Waals surface area contributed by atoms with Gasteiger partial charge in [-0.05, 0) is 24.6 Å². The Labute approximate surface area is 109 Å². The van der Waals surface area contributed by atoms with Crippen molar-refractivity contribution in [2.45, 2.75) is 17.7 Å². The molecule has 1 aromatic heterocycles. The molecule has 0 bridgehead atoms. The lowest BCUT2D eigenvalue weighted by atomic mass is 10.2. The third kappa shape index (κ3) is 3.43. The average molecular weight is 264 g/mol. The third-order valence-corrected chi connectivity index (χ3v) is 3.21. The standard InChI is InChI=1S/C13H13FN2OS/c1-2-17-12-7-8-13(16-15-12)18-9-10-5-3-4-6-11(10)14/h3-8H,2,9H2,1H3. The molecule has 1 heterocycles. The molecule has 1 aromatic carbocycles. The first-order valence-corrected chi connectivity index (χ1v) is 6.61. The summed E-state index contributed by atoms with van der Waals surface area (Å²) in [6, 6.07) is 10.3. The molecular formula is C13H13FN2OS. The summed E-state index contributed by atoms with van der Waals surface area (Å²) in [5, 5.41) is 8.68. The Hall–Kier alpha value is -1.62. The largest absolute Gasteiger partial charge is 0.477 e. The number of hydrogen-bond acceptors (Lipinski definition) is 4. The fourth-order valence-electron chi connectivity index (χ4n) is 1.38. The van der Waals surface area contributed by atoms with Gasteiger partial charge in [0.1, 0.15) is 10.8 Å². The van der Waals surface area contributed by atoms with E-state index in [1.54, 1.807) is 18.2 Å². The molecule has 0 radical (unpaired) electrons. The van der Waals surface area contributed by atoms with Crippen LogP contribution in [0.25, 0.3) is 0 Å². The second kappa shape index (κ2) is 6.35. The minimum atomic E-state index is -0.191. The average Bonchev–Trinajstić information content (AvgIpc) is 2.40. The van der Waals surface area contributed by atoms with E-state index < -0.39 is 0 Å². The molecule has 3 nitrogen and oxygen atoms in total. The van der Waals surface area contributed by atoms with Crippen molar-refractivity contribution in [2.75, 3.05) is 6.61 Å². The molecule has 0 unspecified atom stereocenters. The van der Waals surface area contributed by atoms with Crippen molar-refractivity contribution in [3.63, 3.8) is 0 Å². The predicted octanol–water partition coefficient (Wildman–Crippen LogP) is 3.31. The van der Waals surface area contributed by atoms with Crippen molar-refractivity contribution in [3.8, 4) is 5.88 Å². The molecular weight excluding hydrogens is 251 g/mol. The molecule has 0 saturated heterocycles. The van der Waals surface area contributed by atoms with Crippen molar-refractivity contribution in [1.29, 1.82) is 0 Å². The summed E-state index contributed by atoms with van der Waals surface area (Å²) in [5.41, 5.74) is 0.665. The summed E-state index contributed by atoms with van der Waals surface area (Å²) in [4.78, 5) is 0. The van der Waals surface area contributed by atoms with Crippen LogP contribution in [0.15, 0.2) is 41.4 Å². The molecule has 2 rings (SSSR count). The summed E-state index contributed by atoms with van der Waals surface area (Å²) in [7, 11) is 0. The van der Waals surface area contributed by atoms with Crippen molar-refractivity contribution >= 4 is 11.8 Å². The smallest absolute Gasteiger partial charge is 0.233 e. The van der Waals surface area contributed by atoms with E-state index >= 15 is 0 Å². The van der Waals surface area contributed by atoms with E-state index in [1.807, 2.05) is 19.1 Å². The Morgan fingerprint density at radius 3 is 2.67 bits per heavy atom. The fraction of sp³-hybridized carbons (Fsp3) is 0.231. The second-order valence-corrected chi connectivity index (χ2v) is 4.52. The maximum Gasteiger partial charge on any atom is 0.233 e. The number of nitrogens with zero attached hydrogens (tertiary/aromatic N) is 2. The maximum absolute atomic E-state index is 13.4. The van der Waals surface area contributed by atoms with E-state index in [4.69, 9.17) is 4.74 Å². The van der Waals surface area contributed by atoms with Crippen LogP contribution in [0, 0.1) is 5.82 Å². The van der Waals surface area contributed by atoms with Gasteiger partial charge in [0.05, 0.1) is 6.61 Å². The van der Waals surface area contributed by atoms with Gasteiger partial charge in [0.15, 0.2) is 0 Å². The van der Waals surface area contributed by atoms with Crippen LogP contribution >= 0.6 is 11.8 Å². The van der Waals surface area contributed by atoms with Crippen LogP contribution in [-0.4, -0.2) is 16.8 Å². The molecule has 5 heteroatoms. The van der Waals surface area contributed by atoms with Gasteiger partial charge >= 0.3 is 0 Å². The summed E-state index contributed by atoms with van der Waals surface area (Å²) in [6.07, 6.45) is 0. The Bertz CT molecular complexity index is 505. The highest BCUT2D eigenvalue weighted by Gasteiger charge is 2.03. The molecule has 18 heavy (non-hydrogen) atoms. The number of ether oxygens (including phenoxy) is 1. The normalized spacial score (nSPS) is 10.3. The van der Waals surface area contributed by atoms with E-state index in [2.05, 4.69) is 10.2 Å². The predicted molar refractivity (Wildman–Crippen MR) is 69.2 cm³/mol. The number of aromatic nitrogens is 2. The summed E-state index contributed by atoms with van der Waals surface area (Å²) in [6.45, 7) is 2.46. The molecule has 0 fully saturated rings. The van der Waals surface area contributed by atoms with E-state index in [9.17, 15) is 4.39 Å². The quantitative estimate of drug-likeness (QED) is 0.776. The van der Waals surface area contributed by atoms with Crippen LogP contribution in [0.1, 0.15) is 12.5 Å². The van der Waals surface area contributed by atoms with Gasteiger partial charge in [0.25, 0.3) is 0 Å². The first-order valence-electron chi connectivity index (χ1n) is 5.62. The minimum absolute atomic E-state index is 0.191. The fourth-order valence-corrected chi connectivity index (χ4v) is 2.18. The van der Waals surface area contributed by atoms with Crippen molar-refractivity contribution in [2.24, 2.45) is 0 Å². The number of rotatable bonds is 5. The lowest BCUT2D eigenvalue weighted by Crippen LogP contribution is -1.96. The van der Waals surface area contributed by atoms with Crippen LogP contribution in [0.5, 0.6) is 5.88 Å². The molecule has 0 aliphatic heterocycles. The van der Waals surface area contributed by atoms with Gasteiger partial charge < -0.3 is 4.74 Å². The molecule has 0 N–H and O–H groups in total. The van der Waals surface area contributed by atoms with Crippen LogP contribution in [0.4, 0.5) is 4.39 Å². The Kier molecular flexibility index (Phi) is 4.52. The van der Waals surface area contributed by atoms with E-state index in [1.165, 1.54) is 17.8 Å². The van der Waals surface area contributed by atoms with Gasteiger partial charge in [0, 0.05) is 11.8 Å². The van der Waals surface area contributed by atoms with Crippen LogP contribution in [-0.2, 0) is 5.75 Å². The zero-order valence-electron chi connectivity index (χ0n) is 9.97. The van der Waals surface area contributed by atoms with E-state index in [0.717, 1.165) is 5.03 Å². The molecule has 0 aliphatic carbocycles. The number of halogens is 1. The van der Waals surface area contributed by atoms with Crippen LogP contribution in [0.3, 0.4) is 0 Å². The zero-order chi connectivity index (χ0) is 12.8. The monoisotopic (exact) mass is 264 g/mol. The second-order valence-electron chi connectivity index (χ2n) is 3.52. The van der Waals surface area contributed by atoms with E-state index in [0.29, 0.717) is 23.8 Å². The number of benzene rings is 1. The Morgan fingerprint density at radius 2 is 2.00 bits per heavy atom. The first kappa shape index (κ1) is 12.8. The molecule has 0 saturated carbocycles. The van der Waals surface area contributed by atoms with Gasteiger partial charge in [-0.15, -0.1) is 10.2 Å². The highest BCUT2D eigenvalue weighted by molar-refractivity contribution is 7.98. The summed E-state index contributed by atoms with van der Waals surface area (Å²) < 4.78 is 18.6. The lowest BCUT2D eigenvalue weighted by Gasteiger charge is -2.03. The van der Waals surface area contributed by atoms with Crippen molar-refractivity contribution in [3.05, 3.63) is 47.8 Å². The van der Waals surface area contributed by atoms with Gasteiger partial charge in [0.2, 0.25) is 5.88 Å². The molecule has 0 amide bonds. The summed E-state index contributed by atoms with van der Waals surface area (Å²) in [5.74, 6) is 0.853. The maximum atomic E-state index is 13.4. The third-order valence-electron chi connectivity index (χ3n) is 2.24. The van der Waals surface area contributed by atoms with Gasteiger partial charge in [-0.2, -0.15) is 0 Å². The highest BCUT2D eigenvalue weighted by atomic mass is 32.2. The molecule has 0 aliphatic rings. The first-order chi connectivity index (χ1) is 8.79. The van der Waals surface area contributed by atoms with E-state index in [-0.39, 0.29) is 5.82 Å². The van der Waals surface area contributed by atoms with Gasteiger partial charge in [-0.1, -0.05) is 30.0 Å². The topological polar surface area (TPSA) is 35.0 Å². The summed E-state index contributed by atoms with van der Waals surface area (Å²) >= 11 is 1.45. The van der Waals surface area contributed by atoms with Crippen LogP contribution < -0.4 is 4.74 Å². The molecule has 94 valence electrons. The van der Waals surface area contributed by atoms with Crippen molar-refractivity contribution < 1.29 is 9.13 Å². The SMILES string of the molecule is CCOc1ccc(SCc2ccccc2F)nn1. The minimum Gasteiger partial charge on any atom is -0.477 e.